The quantitative estimate of drug-likeness (QED) is 0.694. The topological polar surface area (TPSA) is 41.6 Å². The molecule has 2 aliphatic carbocycles. The molecule has 0 amide bonds. The molecule has 2 aliphatic rings. The van der Waals surface area contributed by atoms with Crippen molar-refractivity contribution >= 4 is 5.97 Å². The van der Waals surface area contributed by atoms with Gasteiger partial charge in [0.1, 0.15) is 5.54 Å². The highest BCUT2D eigenvalue weighted by atomic mass is 16.5. The first-order valence-electron chi connectivity index (χ1n) is 8.28. The maximum atomic E-state index is 12.3. The molecular weight excluding hydrogens is 252 g/mol. The number of hydrogen-bond acceptors (Lipinski definition) is 4. The van der Waals surface area contributed by atoms with Crippen molar-refractivity contribution in [3.8, 4) is 0 Å². The number of likely N-dealkylation sites (N-methyl/N-ethyl adjacent to an activating group) is 1. The van der Waals surface area contributed by atoms with E-state index in [0.717, 1.165) is 25.3 Å². The minimum Gasteiger partial charge on any atom is -0.465 e. The molecule has 116 valence electrons. The van der Waals surface area contributed by atoms with Crippen LogP contribution in [-0.2, 0) is 9.53 Å². The first-order valence-corrected chi connectivity index (χ1v) is 8.28. The summed E-state index contributed by atoms with van der Waals surface area (Å²) in [7, 11) is 1.90. The molecule has 0 aromatic rings. The molecule has 0 heterocycles. The Kier molecular flexibility index (Phi) is 5.44. The Balaban J connectivity index is 1.99. The molecule has 2 unspecified atom stereocenters. The third kappa shape index (κ3) is 3.34. The van der Waals surface area contributed by atoms with E-state index in [-0.39, 0.29) is 5.97 Å². The summed E-state index contributed by atoms with van der Waals surface area (Å²) in [6, 6.07) is 1.33. The van der Waals surface area contributed by atoms with Gasteiger partial charge in [0.15, 0.2) is 0 Å². The monoisotopic (exact) mass is 282 g/mol. The average molecular weight is 282 g/mol. The first-order chi connectivity index (χ1) is 9.66. The van der Waals surface area contributed by atoms with Crippen LogP contribution < -0.4 is 5.32 Å². The van der Waals surface area contributed by atoms with Gasteiger partial charge in [-0.1, -0.05) is 13.3 Å². The minimum absolute atomic E-state index is 0.0590. The average Bonchev–Trinajstić information content (AvgIpc) is 3.19. The first kappa shape index (κ1) is 15.8. The van der Waals surface area contributed by atoms with Gasteiger partial charge in [-0.2, -0.15) is 0 Å². The summed E-state index contributed by atoms with van der Waals surface area (Å²) in [4.78, 5) is 14.9. The molecule has 2 fully saturated rings. The molecule has 0 aromatic heterocycles. The lowest BCUT2D eigenvalue weighted by molar-refractivity contribution is -0.151. The summed E-state index contributed by atoms with van der Waals surface area (Å²) >= 11 is 0. The fourth-order valence-electron chi connectivity index (χ4n) is 3.50. The summed E-state index contributed by atoms with van der Waals surface area (Å²) in [6.07, 6.45) is 8.10. The van der Waals surface area contributed by atoms with Gasteiger partial charge < -0.3 is 10.1 Å². The van der Waals surface area contributed by atoms with Crippen molar-refractivity contribution in [2.45, 2.75) is 76.4 Å². The zero-order valence-corrected chi connectivity index (χ0v) is 13.3. The Morgan fingerprint density at radius 3 is 2.60 bits per heavy atom. The van der Waals surface area contributed by atoms with Gasteiger partial charge in [0, 0.05) is 12.1 Å². The number of rotatable bonds is 8. The fourth-order valence-corrected chi connectivity index (χ4v) is 3.50. The zero-order chi connectivity index (χ0) is 14.6. The van der Waals surface area contributed by atoms with E-state index in [0.29, 0.717) is 12.6 Å². The lowest BCUT2D eigenvalue weighted by atomic mass is 9.97. The summed E-state index contributed by atoms with van der Waals surface area (Å²) in [6.45, 7) is 5.78. The van der Waals surface area contributed by atoms with Crippen LogP contribution in [0.3, 0.4) is 0 Å². The van der Waals surface area contributed by atoms with E-state index in [9.17, 15) is 4.79 Å². The maximum absolute atomic E-state index is 12.3. The minimum atomic E-state index is -0.444. The van der Waals surface area contributed by atoms with Gasteiger partial charge in [-0.15, -0.1) is 0 Å². The number of carbonyl (C=O) groups is 1. The molecule has 20 heavy (non-hydrogen) atoms. The van der Waals surface area contributed by atoms with Crippen molar-refractivity contribution in [2.24, 2.45) is 0 Å². The Bertz CT molecular complexity index is 330. The van der Waals surface area contributed by atoms with Crippen molar-refractivity contribution in [3.05, 3.63) is 0 Å². The molecule has 0 radical (unpaired) electrons. The van der Waals surface area contributed by atoms with Crippen LogP contribution in [0.15, 0.2) is 0 Å². The van der Waals surface area contributed by atoms with E-state index in [1.807, 2.05) is 14.0 Å². The second kappa shape index (κ2) is 6.90. The third-order valence-corrected chi connectivity index (χ3v) is 4.89. The maximum Gasteiger partial charge on any atom is 0.326 e. The summed E-state index contributed by atoms with van der Waals surface area (Å²) < 4.78 is 5.29. The number of nitrogens with one attached hydrogen (secondary N) is 1. The molecule has 2 saturated carbocycles. The highest BCUT2D eigenvalue weighted by molar-refractivity contribution is 5.81. The SMILES string of the molecule is CCCCN(C1CC1)C1CCC(NC)(C(=O)OCC)C1. The number of ether oxygens (including phenoxy) is 1. The van der Waals surface area contributed by atoms with Crippen molar-refractivity contribution in [1.82, 2.24) is 10.2 Å². The fraction of sp³-hybridized carbons (Fsp3) is 0.938. The van der Waals surface area contributed by atoms with Gasteiger partial charge in [0.05, 0.1) is 6.61 Å². The lowest BCUT2D eigenvalue weighted by Gasteiger charge is -2.31. The van der Waals surface area contributed by atoms with Crippen LogP contribution in [-0.4, -0.2) is 48.7 Å². The number of carbonyl (C=O) groups excluding carboxylic acids is 1. The standard InChI is InChI=1S/C16H30N2O2/c1-4-6-11-18(13-7-8-13)14-9-10-16(12-14,17-3)15(19)20-5-2/h13-14,17H,4-12H2,1-3H3. The third-order valence-electron chi connectivity index (χ3n) is 4.89. The predicted octanol–water partition coefficient (Wildman–Crippen LogP) is 2.32. The normalized spacial score (nSPS) is 29.9. The van der Waals surface area contributed by atoms with E-state index in [4.69, 9.17) is 4.74 Å². The Morgan fingerprint density at radius 1 is 1.30 bits per heavy atom. The Hall–Kier alpha value is -0.610. The molecule has 4 nitrogen and oxygen atoms in total. The zero-order valence-electron chi connectivity index (χ0n) is 13.3. The molecule has 0 spiro atoms. The molecular formula is C16H30N2O2. The van der Waals surface area contributed by atoms with Gasteiger partial charge in [-0.3, -0.25) is 9.69 Å². The number of unbranched alkanes of at least 4 members (excludes halogenated alkanes) is 1. The predicted molar refractivity (Wildman–Crippen MR) is 80.7 cm³/mol. The Labute approximate surface area is 123 Å². The molecule has 2 rings (SSSR count). The van der Waals surface area contributed by atoms with Crippen LogP contribution in [0.2, 0.25) is 0 Å². The van der Waals surface area contributed by atoms with Crippen molar-refractivity contribution < 1.29 is 9.53 Å². The number of hydrogen-bond donors (Lipinski definition) is 1. The van der Waals surface area contributed by atoms with Crippen LogP contribution in [0.25, 0.3) is 0 Å². The van der Waals surface area contributed by atoms with Gasteiger partial charge in [0.25, 0.3) is 0 Å². The second-order valence-corrected chi connectivity index (χ2v) is 6.27. The molecule has 4 heteroatoms. The van der Waals surface area contributed by atoms with Crippen LogP contribution >= 0.6 is 0 Å². The van der Waals surface area contributed by atoms with Gasteiger partial charge in [-0.25, -0.2) is 0 Å². The highest BCUT2D eigenvalue weighted by Crippen LogP contribution is 2.39. The molecule has 0 bridgehead atoms. The number of nitrogens with zero attached hydrogens (tertiary/aromatic N) is 1. The van der Waals surface area contributed by atoms with E-state index in [2.05, 4.69) is 17.1 Å². The Morgan fingerprint density at radius 2 is 2.05 bits per heavy atom. The van der Waals surface area contributed by atoms with Crippen LogP contribution in [0, 0.1) is 0 Å². The summed E-state index contributed by atoms with van der Waals surface area (Å²) in [5.41, 5.74) is -0.444. The van der Waals surface area contributed by atoms with Crippen LogP contribution in [0.1, 0.15) is 58.8 Å². The van der Waals surface area contributed by atoms with Crippen LogP contribution in [0.5, 0.6) is 0 Å². The van der Waals surface area contributed by atoms with E-state index < -0.39 is 5.54 Å². The smallest absolute Gasteiger partial charge is 0.326 e. The van der Waals surface area contributed by atoms with Crippen molar-refractivity contribution in [1.29, 1.82) is 0 Å². The largest absolute Gasteiger partial charge is 0.465 e. The summed E-state index contributed by atoms with van der Waals surface area (Å²) in [5, 5.41) is 3.26. The molecule has 0 saturated heterocycles. The lowest BCUT2D eigenvalue weighted by Crippen LogP contribution is -2.50. The second-order valence-electron chi connectivity index (χ2n) is 6.27. The van der Waals surface area contributed by atoms with E-state index >= 15 is 0 Å². The molecule has 0 aromatic carbocycles. The highest BCUT2D eigenvalue weighted by Gasteiger charge is 2.48. The van der Waals surface area contributed by atoms with Gasteiger partial charge in [0.2, 0.25) is 0 Å². The molecule has 1 N–H and O–H groups in total. The van der Waals surface area contributed by atoms with Crippen molar-refractivity contribution in [2.75, 3.05) is 20.2 Å². The summed E-state index contributed by atoms with van der Waals surface area (Å²) in [5.74, 6) is -0.0590. The molecule has 2 atom stereocenters. The van der Waals surface area contributed by atoms with Crippen LogP contribution in [0.4, 0.5) is 0 Å². The molecule has 0 aliphatic heterocycles. The van der Waals surface area contributed by atoms with E-state index in [1.165, 1.54) is 32.2 Å². The van der Waals surface area contributed by atoms with Gasteiger partial charge in [-0.05, 0) is 59.0 Å². The number of esters is 1. The van der Waals surface area contributed by atoms with E-state index in [1.54, 1.807) is 0 Å². The van der Waals surface area contributed by atoms with Crippen molar-refractivity contribution in [3.63, 3.8) is 0 Å². The van der Waals surface area contributed by atoms with Gasteiger partial charge >= 0.3 is 5.97 Å².